The van der Waals surface area contributed by atoms with Crippen molar-refractivity contribution in [3.8, 4) is 5.75 Å². The fourth-order valence-electron chi connectivity index (χ4n) is 1.59. The van der Waals surface area contributed by atoms with Gasteiger partial charge in [-0.1, -0.05) is 6.07 Å². The highest BCUT2D eigenvalue weighted by Crippen LogP contribution is 2.24. The second-order valence-electron chi connectivity index (χ2n) is 4.34. The molecule has 0 aromatic heterocycles. The summed E-state index contributed by atoms with van der Waals surface area (Å²) in [6, 6.07) is 5.61. The van der Waals surface area contributed by atoms with Crippen LogP contribution in [0.2, 0.25) is 0 Å². The smallest absolute Gasteiger partial charge is 0.306 e. The van der Waals surface area contributed by atoms with E-state index in [9.17, 15) is 4.79 Å². The molecule has 1 aromatic rings. The zero-order valence-electron chi connectivity index (χ0n) is 11.2. The van der Waals surface area contributed by atoms with Crippen LogP contribution in [0.5, 0.6) is 5.75 Å². The molecule has 0 amide bonds. The van der Waals surface area contributed by atoms with Crippen molar-refractivity contribution < 1.29 is 14.3 Å². The first-order valence-electron chi connectivity index (χ1n) is 6.23. The fraction of sp³-hybridized carbons (Fsp3) is 0.500. The van der Waals surface area contributed by atoms with E-state index in [1.54, 1.807) is 6.92 Å². The molecule has 0 unspecified atom stereocenters. The third-order valence-electron chi connectivity index (χ3n) is 2.36. The number of carbonyl (C=O) groups is 1. The summed E-state index contributed by atoms with van der Waals surface area (Å²) in [7, 11) is 0. The Morgan fingerprint density at radius 2 is 2.11 bits per heavy atom. The van der Waals surface area contributed by atoms with Gasteiger partial charge < -0.3 is 15.2 Å². The minimum atomic E-state index is -0.182. The lowest BCUT2D eigenvalue weighted by Crippen LogP contribution is -2.08. The molecule has 0 aliphatic rings. The lowest BCUT2D eigenvalue weighted by molar-refractivity contribution is -0.143. The summed E-state index contributed by atoms with van der Waals surface area (Å²) in [6.07, 6.45) is 1.10. The van der Waals surface area contributed by atoms with E-state index in [0.717, 1.165) is 5.56 Å². The van der Waals surface area contributed by atoms with Gasteiger partial charge in [0.15, 0.2) is 0 Å². The molecule has 1 aromatic carbocycles. The molecule has 0 saturated heterocycles. The van der Waals surface area contributed by atoms with E-state index in [2.05, 4.69) is 0 Å². The minimum absolute atomic E-state index is 0.0951. The van der Waals surface area contributed by atoms with Crippen molar-refractivity contribution in [3.63, 3.8) is 0 Å². The van der Waals surface area contributed by atoms with Crippen LogP contribution in [0.15, 0.2) is 18.2 Å². The molecular weight excluding hydrogens is 230 g/mol. The highest BCUT2D eigenvalue weighted by molar-refractivity contribution is 5.69. The number of esters is 1. The molecule has 18 heavy (non-hydrogen) atoms. The average molecular weight is 251 g/mol. The van der Waals surface area contributed by atoms with E-state index >= 15 is 0 Å². The van der Waals surface area contributed by atoms with Gasteiger partial charge >= 0.3 is 5.97 Å². The molecule has 0 aliphatic carbocycles. The van der Waals surface area contributed by atoms with Crippen molar-refractivity contribution in [1.29, 1.82) is 0 Å². The largest absolute Gasteiger partial charge is 0.489 e. The predicted molar refractivity (Wildman–Crippen MR) is 71.6 cm³/mol. The summed E-state index contributed by atoms with van der Waals surface area (Å²) in [4.78, 5) is 11.2. The molecule has 0 atom stereocenters. The summed E-state index contributed by atoms with van der Waals surface area (Å²) >= 11 is 0. The third-order valence-corrected chi connectivity index (χ3v) is 2.36. The molecular formula is C14H21NO3. The number of nitrogens with two attached hydrogens (primary N) is 1. The zero-order valence-corrected chi connectivity index (χ0v) is 11.2. The van der Waals surface area contributed by atoms with Crippen molar-refractivity contribution in [3.05, 3.63) is 23.8 Å². The normalized spacial score (nSPS) is 10.4. The van der Waals surface area contributed by atoms with E-state index in [1.807, 2.05) is 32.0 Å². The SMILES string of the molecule is CCOC(=O)CCc1ccc(OC(C)C)c(N)c1. The van der Waals surface area contributed by atoms with Gasteiger partial charge in [-0.25, -0.2) is 0 Å². The van der Waals surface area contributed by atoms with Crippen molar-refractivity contribution in [2.45, 2.75) is 39.7 Å². The molecule has 0 fully saturated rings. The summed E-state index contributed by atoms with van der Waals surface area (Å²) < 4.78 is 10.4. The first kappa shape index (κ1) is 14.4. The Labute approximate surface area is 108 Å². The molecule has 0 saturated carbocycles. The first-order valence-corrected chi connectivity index (χ1v) is 6.23. The summed E-state index contributed by atoms with van der Waals surface area (Å²) in [5.74, 6) is 0.503. The number of hydrogen-bond donors (Lipinski definition) is 1. The fourth-order valence-corrected chi connectivity index (χ4v) is 1.59. The van der Waals surface area contributed by atoms with Gasteiger partial charge in [-0.2, -0.15) is 0 Å². The van der Waals surface area contributed by atoms with Crippen molar-refractivity contribution in [2.75, 3.05) is 12.3 Å². The summed E-state index contributed by atoms with van der Waals surface area (Å²) in [6.45, 7) is 6.12. The molecule has 2 N–H and O–H groups in total. The second-order valence-corrected chi connectivity index (χ2v) is 4.34. The van der Waals surface area contributed by atoms with Crippen LogP contribution in [0.1, 0.15) is 32.8 Å². The van der Waals surface area contributed by atoms with Crippen LogP contribution in [-0.2, 0) is 16.0 Å². The van der Waals surface area contributed by atoms with Crippen LogP contribution in [0.4, 0.5) is 5.69 Å². The molecule has 4 nitrogen and oxygen atoms in total. The van der Waals surface area contributed by atoms with Crippen molar-refractivity contribution >= 4 is 11.7 Å². The number of hydrogen-bond acceptors (Lipinski definition) is 4. The van der Waals surface area contributed by atoms with Gasteiger partial charge in [-0.3, -0.25) is 4.79 Å². The van der Waals surface area contributed by atoms with Crippen LogP contribution in [0.3, 0.4) is 0 Å². The van der Waals surface area contributed by atoms with Crippen LogP contribution in [0.25, 0.3) is 0 Å². The zero-order chi connectivity index (χ0) is 13.5. The molecule has 0 spiro atoms. The van der Waals surface area contributed by atoms with Gasteiger partial charge in [0.25, 0.3) is 0 Å². The van der Waals surface area contributed by atoms with Gasteiger partial charge in [0, 0.05) is 6.42 Å². The Kier molecular flexibility index (Phi) is 5.49. The molecule has 100 valence electrons. The van der Waals surface area contributed by atoms with E-state index in [1.165, 1.54) is 0 Å². The van der Waals surface area contributed by atoms with Gasteiger partial charge in [0.1, 0.15) is 5.75 Å². The Bertz CT molecular complexity index is 402. The molecule has 0 bridgehead atoms. The van der Waals surface area contributed by atoms with E-state index < -0.39 is 0 Å². The van der Waals surface area contributed by atoms with E-state index in [-0.39, 0.29) is 12.1 Å². The summed E-state index contributed by atoms with van der Waals surface area (Å²) in [5, 5.41) is 0. The second kappa shape index (κ2) is 6.89. The number of ether oxygens (including phenoxy) is 2. The highest BCUT2D eigenvalue weighted by Gasteiger charge is 2.06. The monoisotopic (exact) mass is 251 g/mol. The third kappa shape index (κ3) is 4.65. The standard InChI is InChI=1S/C14H21NO3/c1-4-17-14(16)8-6-11-5-7-13(12(15)9-11)18-10(2)3/h5,7,9-10H,4,6,8,15H2,1-3H3. The van der Waals surface area contributed by atoms with Crippen LogP contribution < -0.4 is 10.5 Å². The molecule has 0 aliphatic heterocycles. The van der Waals surface area contributed by atoms with Crippen molar-refractivity contribution in [1.82, 2.24) is 0 Å². The number of carbonyl (C=O) groups excluding carboxylic acids is 1. The van der Waals surface area contributed by atoms with Gasteiger partial charge in [-0.15, -0.1) is 0 Å². The van der Waals surface area contributed by atoms with Crippen LogP contribution in [0, 0.1) is 0 Å². The quantitative estimate of drug-likeness (QED) is 0.623. The Balaban J connectivity index is 2.58. The maximum atomic E-state index is 11.2. The highest BCUT2D eigenvalue weighted by atomic mass is 16.5. The lowest BCUT2D eigenvalue weighted by atomic mass is 10.1. The van der Waals surface area contributed by atoms with E-state index in [0.29, 0.717) is 30.9 Å². The molecule has 0 heterocycles. The molecule has 0 radical (unpaired) electrons. The van der Waals surface area contributed by atoms with Gasteiger partial charge in [-0.05, 0) is 44.9 Å². The van der Waals surface area contributed by atoms with Crippen LogP contribution in [-0.4, -0.2) is 18.7 Å². The maximum absolute atomic E-state index is 11.2. The van der Waals surface area contributed by atoms with Gasteiger partial charge in [0.2, 0.25) is 0 Å². The topological polar surface area (TPSA) is 61.5 Å². The van der Waals surface area contributed by atoms with E-state index in [4.69, 9.17) is 15.2 Å². The van der Waals surface area contributed by atoms with Crippen LogP contribution >= 0.6 is 0 Å². The lowest BCUT2D eigenvalue weighted by Gasteiger charge is -2.13. The maximum Gasteiger partial charge on any atom is 0.306 e. The minimum Gasteiger partial charge on any atom is -0.489 e. The van der Waals surface area contributed by atoms with Gasteiger partial charge in [0.05, 0.1) is 18.4 Å². The number of nitrogen functional groups attached to an aromatic ring is 1. The Morgan fingerprint density at radius 1 is 1.39 bits per heavy atom. The number of rotatable bonds is 6. The Hall–Kier alpha value is -1.71. The molecule has 4 heteroatoms. The number of aryl methyl sites for hydroxylation is 1. The average Bonchev–Trinajstić information content (AvgIpc) is 2.29. The summed E-state index contributed by atoms with van der Waals surface area (Å²) in [5.41, 5.74) is 7.51. The first-order chi connectivity index (χ1) is 8.52. The Morgan fingerprint density at radius 3 is 2.67 bits per heavy atom. The number of anilines is 1. The molecule has 1 rings (SSSR count). The number of benzene rings is 1. The van der Waals surface area contributed by atoms with Crippen molar-refractivity contribution in [2.24, 2.45) is 0 Å². The predicted octanol–water partition coefficient (Wildman–Crippen LogP) is 2.55.